The lowest BCUT2D eigenvalue weighted by atomic mass is 10.1. The van der Waals surface area contributed by atoms with E-state index in [1.165, 1.54) is 28.5 Å². The van der Waals surface area contributed by atoms with E-state index in [4.69, 9.17) is 4.42 Å². The summed E-state index contributed by atoms with van der Waals surface area (Å²) in [6.07, 6.45) is 2.45. The molecule has 22 heavy (non-hydrogen) atoms. The monoisotopic (exact) mass is 289 g/mol. The number of carbonyl (C=O) groups excluding carboxylic acids is 1. The SMILES string of the molecule is Cc1occc1C(=O)Nc1ccc2c(c1)Cc1ccccc1-2. The Morgan fingerprint density at radius 3 is 2.68 bits per heavy atom. The predicted molar refractivity (Wildman–Crippen MR) is 86.1 cm³/mol. The van der Waals surface area contributed by atoms with Crippen molar-refractivity contribution in [3.63, 3.8) is 0 Å². The summed E-state index contributed by atoms with van der Waals surface area (Å²) in [6, 6.07) is 16.2. The Labute approximate surface area is 128 Å². The Balaban J connectivity index is 1.63. The van der Waals surface area contributed by atoms with E-state index < -0.39 is 0 Å². The summed E-state index contributed by atoms with van der Waals surface area (Å²) in [5.41, 5.74) is 6.53. The molecule has 0 radical (unpaired) electrons. The van der Waals surface area contributed by atoms with Gasteiger partial charge in [-0.05, 0) is 53.8 Å². The zero-order valence-corrected chi connectivity index (χ0v) is 12.2. The fraction of sp³-hybridized carbons (Fsp3) is 0.105. The van der Waals surface area contributed by atoms with E-state index in [9.17, 15) is 4.79 Å². The van der Waals surface area contributed by atoms with E-state index >= 15 is 0 Å². The van der Waals surface area contributed by atoms with Gasteiger partial charge in [0.1, 0.15) is 5.76 Å². The second-order valence-electron chi connectivity index (χ2n) is 5.55. The van der Waals surface area contributed by atoms with Crippen LogP contribution in [0.15, 0.2) is 59.2 Å². The summed E-state index contributed by atoms with van der Waals surface area (Å²) >= 11 is 0. The maximum atomic E-state index is 12.2. The normalized spacial score (nSPS) is 11.9. The Bertz CT molecular complexity index is 877. The lowest BCUT2D eigenvalue weighted by Crippen LogP contribution is -2.12. The lowest BCUT2D eigenvalue weighted by Gasteiger charge is -2.07. The molecule has 4 rings (SSSR count). The number of furan rings is 1. The summed E-state index contributed by atoms with van der Waals surface area (Å²) in [5, 5.41) is 2.94. The van der Waals surface area contributed by atoms with Crippen molar-refractivity contribution in [2.75, 3.05) is 5.32 Å². The molecule has 3 nitrogen and oxygen atoms in total. The Morgan fingerprint density at radius 2 is 1.86 bits per heavy atom. The van der Waals surface area contributed by atoms with Gasteiger partial charge in [-0.2, -0.15) is 0 Å². The number of aryl methyl sites for hydroxylation is 1. The summed E-state index contributed by atoms with van der Waals surface area (Å²) in [6.45, 7) is 1.79. The van der Waals surface area contributed by atoms with Crippen molar-refractivity contribution in [2.45, 2.75) is 13.3 Å². The second-order valence-corrected chi connectivity index (χ2v) is 5.55. The molecule has 0 saturated heterocycles. The first-order valence-corrected chi connectivity index (χ1v) is 7.29. The van der Waals surface area contributed by atoms with Gasteiger partial charge in [0.15, 0.2) is 0 Å². The Kier molecular flexibility index (Phi) is 2.86. The molecule has 0 saturated carbocycles. The van der Waals surface area contributed by atoms with Crippen LogP contribution in [0.3, 0.4) is 0 Å². The minimum atomic E-state index is -0.137. The highest BCUT2D eigenvalue weighted by molar-refractivity contribution is 6.05. The molecule has 1 heterocycles. The van der Waals surface area contributed by atoms with Gasteiger partial charge in [-0.3, -0.25) is 4.79 Å². The molecule has 0 fully saturated rings. The number of amides is 1. The van der Waals surface area contributed by atoms with Crippen molar-refractivity contribution >= 4 is 11.6 Å². The molecule has 0 atom stereocenters. The van der Waals surface area contributed by atoms with E-state index in [1.807, 2.05) is 6.07 Å². The molecule has 1 aliphatic rings. The van der Waals surface area contributed by atoms with Gasteiger partial charge in [0.25, 0.3) is 5.91 Å². The maximum Gasteiger partial charge on any atom is 0.259 e. The fourth-order valence-corrected chi connectivity index (χ4v) is 3.04. The van der Waals surface area contributed by atoms with Crippen LogP contribution >= 0.6 is 0 Å². The summed E-state index contributed by atoms with van der Waals surface area (Å²) < 4.78 is 5.18. The first-order valence-electron chi connectivity index (χ1n) is 7.29. The van der Waals surface area contributed by atoms with Gasteiger partial charge in [0.05, 0.1) is 11.8 Å². The van der Waals surface area contributed by atoms with Gasteiger partial charge in [-0.15, -0.1) is 0 Å². The molecule has 1 aliphatic carbocycles. The number of anilines is 1. The summed E-state index contributed by atoms with van der Waals surface area (Å²) in [7, 11) is 0. The highest BCUT2D eigenvalue weighted by Crippen LogP contribution is 2.37. The molecule has 1 aromatic heterocycles. The van der Waals surface area contributed by atoms with Gasteiger partial charge in [0.2, 0.25) is 0 Å². The minimum Gasteiger partial charge on any atom is -0.469 e. The molecular formula is C19H15NO2. The highest BCUT2D eigenvalue weighted by Gasteiger charge is 2.18. The van der Waals surface area contributed by atoms with Crippen molar-refractivity contribution < 1.29 is 9.21 Å². The van der Waals surface area contributed by atoms with Crippen molar-refractivity contribution in [1.82, 2.24) is 0 Å². The van der Waals surface area contributed by atoms with Gasteiger partial charge >= 0.3 is 0 Å². The average Bonchev–Trinajstić information content (AvgIpc) is 3.10. The number of hydrogen-bond acceptors (Lipinski definition) is 2. The summed E-state index contributed by atoms with van der Waals surface area (Å²) in [4.78, 5) is 12.2. The fourth-order valence-electron chi connectivity index (χ4n) is 3.04. The molecule has 0 spiro atoms. The predicted octanol–water partition coefficient (Wildman–Crippen LogP) is 4.41. The van der Waals surface area contributed by atoms with Crippen molar-refractivity contribution in [2.24, 2.45) is 0 Å². The van der Waals surface area contributed by atoms with Crippen LogP contribution in [0.4, 0.5) is 5.69 Å². The maximum absolute atomic E-state index is 12.2. The largest absolute Gasteiger partial charge is 0.469 e. The van der Waals surface area contributed by atoms with E-state index in [-0.39, 0.29) is 5.91 Å². The van der Waals surface area contributed by atoms with Crippen LogP contribution in [0.25, 0.3) is 11.1 Å². The van der Waals surface area contributed by atoms with Crippen LogP contribution in [0.1, 0.15) is 27.2 Å². The summed E-state index contributed by atoms with van der Waals surface area (Å²) in [5.74, 6) is 0.493. The molecule has 3 heteroatoms. The molecule has 0 unspecified atom stereocenters. The van der Waals surface area contributed by atoms with Crippen LogP contribution in [-0.4, -0.2) is 5.91 Å². The van der Waals surface area contributed by atoms with E-state index in [0.717, 1.165) is 12.1 Å². The van der Waals surface area contributed by atoms with Crippen LogP contribution < -0.4 is 5.32 Å². The van der Waals surface area contributed by atoms with E-state index in [2.05, 4.69) is 41.7 Å². The van der Waals surface area contributed by atoms with E-state index in [0.29, 0.717) is 11.3 Å². The smallest absolute Gasteiger partial charge is 0.259 e. The standard InChI is InChI=1S/C19H15NO2/c1-12-16(8-9-22-12)19(21)20-15-6-7-18-14(11-15)10-13-4-2-3-5-17(13)18/h2-9,11H,10H2,1H3,(H,20,21). The van der Waals surface area contributed by atoms with E-state index in [1.54, 1.807) is 13.0 Å². The number of carbonyl (C=O) groups is 1. The first-order chi connectivity index (χ1) is 10.7. The molecule has 108 valence electrons. The van der Waals surface area contributed by atoms with Crippen molar-refractivity contribution in [3.05, 3.63) is 77.2 Å². The van der Waals surface area contributed by atoms with Gasteiger partial charge in [-0.1, -0.05) is 30.3 Å². The minimum absolute atomic E-state index is 0.137. The quantitative estimate of drug-likeness (QED) is 0.594. The van der Waals surface area contributed by atoms with Crippen LogP contribution in [0.2, 0.25) is 0 Å². The third-order valence-electron chi connectivity index (χ3n) is 4.15. The van der Waals surface area contributed by atoms with Crippen molar-refractivity contribution in [1.29, 1.82) is 0 Å². The topological polar surface area (TPSA) is 42.2 Å². The molecule has 1 N–H and O–H groups in total. The Morgan fingerprint density at radius 1 is 1.05 bits per heavy atom. The number of rotatable bonds is 2. The third-order valence-corrected chi connectivity index (χ3v) is 4.15. The highest BCUT2D eigenvalue weighted by atomic mass is 16.3. The van der Waals surface area contributed by atoms with Crippen LogP contribution in [0.5, 0.6) is 0 Å². The third kappa shape index (κ3) is 2.02. The molecule has 2 aromatic carbocycles. The first kappa shape index (κ1) is 12.9. The van der Waals surface area contributed by atoms with Crippen molar-refractivity contribution in [3.8, 4) is 11.1 Å². The molecule has 0 bridgehead atoms. The molecule has 3 aromatic rings. The average molecular weight is 289 g/mol. The molecule has 1 amide bonds. The molecule has 0 aliphatic heterocycles. The van der Waals surface area contributed by atoms with Crippen LogP contribution in [0, 0.1) is 6.92 Å². The number of benzene rings is 2. The zero-order chi connectivity index (χ0) is 15.1. The number of fused-ring (bicyclic) bond motifs is 3. The number of hydrogen-bond donors (Lipinski definition) is 1. The van der Waals surface area contributed by atoms with Crippen LogP contribution in [-0.2, 0) is 6.42 Å². The zero-order valence-electron chi connectivity index (χ0n) is 12.2. The second kappa shape index (κ2) is 4.88. The van der Waals surface area contributed by atoms with Gasteiger partial charge < -0.3 is 9.73 Å². The van der Waals surface area contributed by atoms with Gasteiger partial charge in [0, 0.05) is 5.69 Å². The lowest BCUT2D eigenvalue weighted by molar-refractivity contribution is 0.102. The molecular weight excluding hydrogens is 274 g/mol. The number of nitrogens with one attached hydrogen (secondary N) is 1. The van der Waals surface area contributed by atoms with Gasteiger partial charge in [-0.25, -0.2) is 0 Å². The Hall–Kier alpha value is -2.81.